The number of ether oxygens (including phenoxy) is 1. The molecule has 1 aromatic rings. The van der Waals surface area contributed by atoms with Crippen LogP contribution >= 0.6 is 0 Å². The number of Topliss-reactive ketones (excluding diaryl/α,β-unsaturated/α-hetero) is 1. The van der Waals surface area contributed by atoms with Gasteiger partial charge in [-0.2, -0.15) is 0 Å². The minimum atomic E-state index is -2.30. The summed E-state index contributed by atoms with van der Waals surface area (Å²) in [4.78, 5) is 26.1. The van der Waals surface area contributed by atoms with Crippen molar-refractivity contribution in [2.75, 3.05) is 0 Å². The van der Waals surface area contributed by atoms with E-state index in [1.165, 1.54) is 0 Å². The first-order chi connectivity index (χ1) is 12.0. The van der Waals surface area contributed by atoms with E-state index in [9.17, 15) is 14.7 Å². The van der Waals surface area contributed by atoms with E-state index in [0.29, 0.717) is 18.4 Å². The third kappa shape index (κ3) is 5.51. The van der Waals surface area contributed by atoms with Crippen LogP contribution in [0.5, 0.6) is 0 Å². The smallest absolute Gasteiger partial charge is 0.338 e. The van der Waals surface area contributed by atoms with Crippen molar-refractivity contribution in [3.8, 4) is 0 Å². The number of benzene rings is 1. The van der Waals surface area contributed by atoms with Crippen LogP contribution in [0.25, 0.3) is 0 Å². The van der Waals surface area contributed by atoms with Crippen molar-refractivity contribution in [3.05, 3.63) is 35.9 Å². The molecule has 0 radical (unpaired) electrons. The minimum Gasteiger partial charge on any atom is -0.452 e. The number of aliphatic hydroxyl groups is 1. The van der Waals surface area contributed by atoms with Crippen molar-refractivity contribution in [2.45, 2.75) is 77.4 Å². The van der Waals surface area contributed by atoms with Gasteiger partial charge < -0.3 is 9.84 Å². The maximum atomic E-state index is 13.3. The molecule has 0 spiro atoms. The van der Waals surface area contributed by atoms with Crippen molar-refractivity contribution in [1.29, 1.82) is 0 Å². The topological polar surface area (TPSA) is 63.6 Å². The van der Waals surface area contributed by atoms with Crippen molar-refractivity contribution >= 4 is 19.8 Å². The van der Waals surface area contributed by atoms with Gasteiger partial charge >= 0.3 is 5.97 Å². The zero-order chi connectivity index (χ0) is 20.0. The molecule has 0 aromatic heterocycles. The number of aliphatic hydroxyl groups excluding tert-OH is 1. The molecule has 0 aliphatic rings. The Balaban J connectivity index is 3.29. The van der Waals surface area contributed by atoms with Crippen LogP contribution in [0.15, 0.2) is 30.3 Å². The molecular formula is C21H34O4Si. The average Bonchev–Trinajstić information content (AvgIpc) is 2.56. The van der Waals surface area contributed by atoms with E-state index in [4.69, 9.17) is 4.74 Å². The van der Waals surface area contributed by atoms with Crippen LogP contribution in [0, 0.1) is 5.92 Å². The fraction of sp³-hybridized carbons (Fsp3) is 0.619. The van der Waals surface area contributed by atoms with Gasteiger partial charge in [0.2, 0.25) is 5.78 Å². The van der Waals surface area contributed by atoms with Gasteiger partial charge in [-0.15, -0.1) is 0 Å². The van der Waals surface area contributed by atoms with E-state index in [1.54, 1.807) is 24.3 Å². The van der Waals surface area contributed by atoms with Crippen LogP contribution in [0.4, 0.5) is 0 Å². The highest BCUT2D eigenvalue weighted by Crippen LogP contribution is 2.35. The van der Waals surface area contributed by atoms with Crippen molar-refractivity contribution in [1.82, 2.24) is 0 Å². The van der Waals surface area contributed by atoms with E-state index in [-0.39, 0.29) is 11.7 Å². The molecule has 0 saturated carbocycles. The number of hydrogen-bond donors (Lipinski definition) is 1. The molecule has 0 unspecified atom stereocenters. The molecule has 0 amide bonds. The largest absolute Gasteiger partial charge is 0.452 e. The zero-order valence-corrected chi connectivity index (χ0v) is 18.0. The molecule has 0 bridgehead atoms. The molecule has 4 nitrogen and oxygen atoms in total. The third-order valence-electron chi connectivity index (χ3n) is 4.77. The SMILES string of the molecule is CCCC[C@@](OC(=O)c1ccccc1)(C(=O)[C@H](O)CC(C)C)[Si](C)(C)C. The summed E-state index contributed by atoms with van der Waals surface area (Å²) in [6.45, 7) is 12.1. The Morgan fingerprint density at radius 1 is 1.15 bits per heavy atom. The van der Waals surface area contributed by atoms with Crippen molar-refractivity contribution in [3.63, 3.8) is 0 Å². The fourth-order valence-corrected chi connectivity index (χ4v) is 5.39. The number of unbranched alkanes of at least 4 members (excludes halogenated alkanes) is 1. The second kappa shape index (κ2) is 9.47. The summed E-state index contributed by atoms with van der Waals surface area (Å²) in [5.41, 5.74) is 0.428. The predicted molar refractivity (Wildman–Crippen MR) is 108 cm³/mol. The van der Waals surface area contributed by atoms with Gasteiger partial charge in [0.1, 0.15) is 14.2 Å². The van der Waals surface area contributed by atoms with Gasteiger partial charge in [-0.25, -0.2) is 4.79 Å². The number of ketones is 1. The number of esters is 1. The summed E-state index contributed by atoms with van der Waals surface area (Å²) in [7, 11) is -2.30. The molecule has 146 valence electrons. The summed E-state index contributed by atoms with van der Waals surface area (Å²) >= 11 is 0. The molecule has 5 heteroatoms. The molecule has 1 N–H and O–H groups in total. The van der Waals surface area contributed by atoms with E-state index >= 15 is 0 Å². The van der Waals surface area contributed by atoms with E-state index < -0.39 is 25.4 Å². The highest BCUT2D eigenvalue weighted by atomic mass is 28.3. The van der Waals surface area contributed by atoms with Gasteiger partial charge in [-0.1, -0.05) is 65.0 Å². The zero-order valence-electron chi connectivity index (χ0n) is 17.0. The van der Waals surface area contributed by atoms with Crippen LogP contribution in [-0.2, 0) is 9.53 Å². The number of carbonyl (C=O) groups excluding carboxylic acids is 2. The first-order valence-electron chi connectivity index (χ1n) is 9.56. The number of rotatable bonds is 10. The van der Waals surface area contributed by atoms with Gasteiger partial charge in [0, 0.05) is 0 Å². The van der Waals surface area contributed by atoms with Crippen molar-refractivity contribution in [2.24, 2.45) is 5.92 Å². The molecule has 2 atom stereocenters. The summed E-state index contributed by atoms with van der Waals surface area (Å²) in [6.07, 6.45) is 1.39. The lowest BCUT2D eigenvalue weighted by atomic mass is 9.96. The maximum Gasteiger partial charge on any atom is 0.338 e. The van der Waals surface area contributed by atoms with Crippen LogP contribution in [-0.4, -0.2) is 36.3 Å². The summed E-state index contributed by atoms with van der Waals surface area (Å²) in [5, 5.41) is 9.33. The Bertz CT molecular complexity index is 592. The van der Waals surface area contributed by atoms with E-state index in [0.717, 1.165) is 12.8 Å². The molecule has 26 heavy (non-hydrogen) atoms. The Kier molecular flexibility index (Phi) is 8.22. The molecule has 1 rings (SSSR count). The van der Waals surface area contributed by atoms with Gasteiger partial charge in [0.15, 0.2) is 5.22 Å². The normalized spacial score (nSPS) is 15.4. The van der Waals surface area contributed by atoms with Gasteiger partial charge in [0.05, 0.1) is 5.56 Å². The second-order valence-corrected chi connectivity index (χ2v) is 13.8. The maximum absolute atomic E-state index is 13.3. The first kappa shape index (κ1) is 22.6. The quantitative estimate of drug-likeness (QED) is 0.476. The Morgan fingerprint density at radius 2 is 1.73 bits per heavy atom. The molecular weight excluding hydrogens is 344 g/mol. The van der Waals surface area contributed by atoms with Gasteiger partial charge in [0.25, 0.3) is 0 Å². The lowest BCUT2D eigenvalue weighted by molar-refractivity contribution is -0.141. The average molecular weight is 379 g/mol. The van der Waals surface area contributed by atoms with E-state index in [2.05, 4.69) is 0 Å². The second-order valence-electron chi connectivity index (χ2n) is 8.45. The van der Waals surface area contributed by atoms with Crippen LogP contribution < -0.4 is 0 Å². The van der Waals surface area contributed by atoms with Crippen molar-refractivity contribution < 1.29 is 19.4 Å². The molecule has 0 fully saturated rings. The molecule has 0 aliphatic carbocycles. The monoisotopic (exact) mass is 378 g/mol. The number of hydrogen-bond acceptors (Lipinski definition) is 4. The Morgan fingerprint density at radius 3 is 2.19 bits per heavy atom. The highest BCUT2D eigenvalue weighted by molar-refractivity contribution is 6.82. The Hall–Kier alpha value is -1.46. The fourth-order valence-electron chi connectivity index (χ4n) is 3.16. The highest BCUT2D eigenvalue weighted by Gasteiger charge is 2.54. The molecule has 1 aromatic carbocycles. The van der Waals surface area contributed by atoms with Crippen LogP contribution in [0.1, 0.15) is 56.8 Å². The summed E-state index contributed by atoms with van der Waals surface area (Å²) in [6, 6.07) is 8.75. The van der Waals surface area contributed by atoms with Gasteiger partial charge in [-0.3, -0.25) is 4.79 Å². The summed E-state index contributed by atoms with van der Waals surface area (Å²) < 4.78 is 5.97. The molecule has 0 saturated heterocycles. The lowest BCUT2D eigenvalue weighted by Crippen LogP contribution is -2.63. The van der Waals surface area contributed by atoms with Gasteiger partial charge in [-0.05, 0) is 37.3 Å². The first-order valence-corrected chi connectivity index (χ1v) is 13.1. The third-order valence-corrected chi connectivity index (χ3v) is 7.79. The molecule has 0 aliphatic heterocycles. The number of carbonyl (C=O) groups is 2. The predicted octanol–water partition coefficient (Wildman–Crippen LogP) is 4.63. The standard InChI is InChI=1S/C21H34O4Si/c1-7-8-14-21(26(4,5)6,19(23)18(22)15-16(2)3)25-20(24)17-12-10-9-11-13-17/h9-13,16,18,22H,7-8,14-15H2,1-6H3/t18-,21+/m1/s1. The minimum absolute atomic E-state index is 0.185. The Labute approximate surface area is 159 Å². The molecule has 0 heterocycles. The van der Waals surface area contributed by atoms with Crippen LogP contribution in [0.3, 0.4) is 0 Å². The van der Waals surface area contributed by atoms with Crippen LogP contribution in [0.2, 0.25) is 19.6 Å². The lowest BCUT2D eigenvalue weighted by Gasteiger charge is -2.43. The van der Waals surface area contributed by atoms with E-state index in [1.807, 2.05) is 46.5 Å². The summed E-state index contributed by atoms with van der Waals surface area (Å²) in [5.74, 6) is -0.637.